The first-order chi connectivity index (χ1) is 16.9. The van der Waals surface area contributed by atoms with Crippen LogP contribution in [-0.4, -0.2) is 65.7 Å². The molecule has 0 radical (unpaired) electrons. The van der Waals surface area contributed by atoms with Crippen molar-refractivity contribution in [3.05, 3.63) is 64.7 Å². The molecule has 1 saturated heterocycles. The first-order valence-corrected chi connectivity index (χ1v) is 12.2. The standard InChI is InChI=1S/C24H32ClN3O.C2HF3O2/c1-19(2)12-15-27-13-3-14-28(17-16-27)18-20-4-6-21(7-5-20)24(29)26-23-10-8-22(25)9-11-23;3-2(4,5)1(6)7/h4-11,19H,3,12-18H2,1-2H3,(H,26,29);(H,6,7). The van der Waals surface area contributed by atoms with Gasteiger partial charge in [0, 0.05) is 35.9 Å². The van der Waals surface area contributed by atoms with Crippen molar-refractivity contribution in [2.24, 2.45) is 5.92 Å². The number of nitrogens with zero attached hydrogens (tertiary/aromatic N) is 2. The van der Waals surface area contributed by atoms with Crippen molar-refractivity contribution in [2.45, 2.75) is 39.4 Å². The maximum absolute atomic E-state index is 12.4. The smallest absolute Gasteiger partial charge is 0.475 e. The number of anilines is 1. The first kappa shape index (κ1) is 29.6. The summed E-state index contributed by atoms with van der Waals surface area (Å²) < 4.78 is 31.7. The van der Waals surface area contributed by atoms with Gasteiger partial charge in [-0.3, -0.25) is 9.69 Å². The number of carbonyl (C=O) groups is 2. The van der Waals surface area contributed by atoms with Gasteiger partial charge in [-0.05, 0) is 80.4 Å². The van der Waals surface area contributed by atoms with E-state index in [1.54, 1.807) is 24.3 Å². The van der Waals surface area contributed by atoms with Crippen LogP contribution in [0.4, 0.5) is 18.9 Å². The summed E-state index contributed by atoms with van der Waals surface area (Å²) in [4.78, 5) is 26.5. The van der Waals surface area contributed by atoms with Crippen LogP contribution in [0.3, 0.4) is 0 Å². The molecular weight excluding hydrogens is 495 g/mol. The van der Waals surface area contributed by atoms with Gasteiger partial charge in [-0.15, -0.1) is 0 Å². The minimum atomic E-state index is -5.08. The summed E-state index contributed by atoms with van der Waals surface area (Å²) in [5, 5.41) is 10.7. The molecule has 1 fully saturated rings. The van der Waals surface area contributed by atoms with E-state index < -0.39 is 12.1 Å². The Kier molecular flexibility index (Phi) is 11.7. The predicted molar refractivity (Wildman–Crippen MR) is 135 cm³/mol. The zero-order valence-electron chi connectivity index (χ0n) is 20.5. The fraction of sp³-hybridized carbons (Fsp3) is 0.462. The number of carbonyl (C=O) groups excluding carboxylic acids is 1. The molecule has 36 heavy (non-hydrogen) atoms. The van der Waals surface area contributed by atoms with Gasteiger partial charge in [-0.25, -0.2) is 4.79 Å². The van der Waals surface area contributed by atoms with Crippen molar-refractivity contribution in [1.29, 1.82) is 0 Å². The van der Waals surface area contributed by atoms with Gasteiger partial charge in [0.15, 0.2) is 0 Å². The molecule has 2 aromatic carbocycles. The molecule has 6 nitrogen and oxygen atoms in total. The Bertz CT molecular complexity index is 967. The second kappa shape index (κ2) is 14.2. The summed E-state index contributed by atoms with van der Waals surface area (Å²) in [6, 6.07) is 15.1. The molecule has 1 aliphatic heterocycles. The number of halogens is 4. The van der Waals surface area contributed by atoms with Crippen LogP contribution in [0.15, 0.2) is 48.5 Å². The van der Waals surface area contributed by atoms with Crippen LogP contribution in [0.1, 0.15) is 42.6 Å². The number of benzene rings is 2. The van der Waals surface area contributed by atoms with Crippen molar-refractivity contribution >= 4 is 29.2 Å². The fourth-order valence-corrected chi connectivity index (χ4v) is 3.73. The van der Waals surface area contributed by atoms with Gasteiger partial charge in [-0.2, -0.15) is 13.2 Å². The second-order valence-corrected chi connectivity index (χ2v) is 9.55. The topological polar surface area (TPSA) is 72.9 Å². The number of hydrogen-bond donors (Lipinski definition) is 2. The van der Waals surface area contributed by atoms with Gasteiger partial charge in [0.1, 0.15) is 0 Å². The highest BCUT2D eigenvalue weighted by Crippen LogP contribution is 2.16. The molecule has 0 aliphatic carbocycles. The number of hydrogen-bond acceptors (Lipinski definition) is 4. The Labute approximate surface area is 215 Å². The third kappa shape index (κ3) is 11.0. The zero-order chi connectivity index (χ0) is 26.7. The molecule has 1 amide bonds. The molecule has 3 rings (SSSR count). The highest BCUT2D eigenvalue weighted by atomic mass is 35.5. The summed E-state index contributed by atoms with van der Waals surface area (Å²) >= 11 is 5.89. The van der Waals surface area contributed by atoms with E-state index in [9.17, 15) is 18.0 Å². The monoisotopic (exact) mass is 527 g/mol. The second-order valence-electron chi connectivity index (χ2n) is 9.11. The Morgan fingerprint density at radius 1 is 0.972 bits per heavy atom. The van der Waals surface area contributed by atoms with E-state index in [4.69, 9.17) is 21.5 Å². The highest BCUT2D eigenvalue weighted by molar-refractivity contribution is 6.30. The Morgan fingerprint density at radius 2 is 1.53 bits per heavy atom. The lowest BCUT2D eigenvalue weighted by molar-refractivity contribution is -0.192. The highest BCUT2D eigenvalue weighted by Gasteiger charge is 2.38. The number of rotatable bonds is 7. The van der Waals surface area contributed by atoms with Crippen LogP contribution in [0, 0.1) is 5.92 Å². The van der Waals surface area contributed by atoms with E-state index in [1.807, 2.05) is 12.1 Å². The molecule has 2 aromatic rings. The maximum atomic E-state index is 12.4. The quantitative estimate of drug-likeness (QED) is 0.477. The van der Waals surface area contributed by atoms with Gasteiger partial charge in [-0.1, -0.05) is 37.6 Å². The SMILES string of the molecule is CC(C)CCN1CCCN(Cc2ccc(C(=O)Nc3ccc(Cl)cc3)cc2)CC1.O=C(O)C(F)(F)F. The summed E-state index contributed by atoms with van der Waals surface area (Å²) in [5.74, 6) is -2.09. The van der Waals surface area contributed by atoms with Crippen LogP contribution in [0.2, 0.25) is 5.02 Å². The third-order valence-electron chi connectivity index (χ3n) is 5.67. The van der Waals surface area contributed by atoms with E-state index in [1.165, 1.54) is 31.5 Å². The first-order valence-electron chi connectivity index (χ1n) is 11.8. The predicted octanol–water partition coefficient (Wildman–Crippen LogP) is 5.78. The molecule has 2 N–H and O–H groups in total. The summed E-state index contributed by atoms with van der Waals surface area (Å²) in [6.07, 6.45) is -2.58. The van der Waals surface area contributed by atoms with Crippen molar-refractivity contribution in [1.82, 2.24) is 9.80 Å². The average Bonchev–Trinajstić information content (AvgIpc) is 3.04. The van der Waals surface area contributed by atoms with Crippen LogP contribution in [0.25, 0.3) is 0 Å². The molecule has 1 heterocycles. The number of nitrogens with one attached hydrogen (secondary N) is 1. The van der Waals surface area contributed by atoms with Crippen LogP contribution in [0.5, 0.6) is 0 Å². The van der Waals surface area contributed by atoms with Gasteiger partial charge < -0.3 is 15.3 Å². The lowest BCUT2D eigenvalue weighted by Gasteiger charge is -2.22. The molecule has 0 spiro atoms. The molecule has 0 aromatic heterocycles. The van der Waals surface area contributed by atoms with Gasteiger partial charge in [0.25, 0.3) is 5.91 Å². The molecule has 10 heteroatoms. The minimum Gasteiger partial charge on any atom is -0.475 e. The molecule has 0 saturated carbocycles. The number of carboxylic acid groups (broad SMARTS) is 1. The fourth-order valence-electron chi connectivity index (χ4n) is 3.60. The average molecular weight is 528 g/mol. The molecular formula is C26H33ClF3N3O3. The minimum absolute atomic E-state index is 0.102. The van der Waals surface area contributed by atoms with Crippen LogP contribution in [-0.2, 0) is 11.3 Å². The van der Waals surface area contributed by atoms with E-state index in [2.05, 4.69) is 41.1 Å². The summed E-state index contributed by atoms with van der Waals surface area (Å²) in [5.41, 5.74) is 2.66. The molecule has 0 bridgehead atoms. The van der Waals surface area contributed by atoms with Gasteiger partial charge in [0.2, 0.25) is 0 Å². The molecule has 0 atom stereocenters. The van der Waals surface area contributed by atoms with Crippen LogP contribution < -0.4 is 5.32 Å². The zero-order valence-corrected chi connectivity index (χ0v) is 21.3. The summed E-state index contributed by atoms with van der Waals surface area (Å²) in [6.45, 7) is 11.3. The third-order valence-corrected chi connectivity index (χ3v) is 5.92. The van der Waals surface area contributed by atoms with Crippen molar-refractivity contribution in [3.63, 3.8) is 0 Å². The number of alkyl halides is 3. The van der Waals surface area contributed by atoms with Gasteiger partial charge in [0.05, 0.1) is 0 Å². The maximum Gasteiger partial charge on any atom is 0.490 e. The Morgan fingerprint density at radius 3 is 2.08 bits per heavy atom. The van der Waals surface area contributed by atoms with Crippen LogP contribution >= 0.6 is 11.6 Å². The molecule has 0 unspecified atom stereocenters. The number of aliphatic carboxylic acids is 1. The lowest BCUT2D eigenvalue weighted by Crippen LogP contribution is -2.31. The van der Waals surface area contributed by atoms with Crippen molar-refractivity contribution in [3.8, 4) is 0 Å². The van der Waals surface area contributed by atoms with E-state index in [-0.39, 0.29) is 5.91 Å². The lowest BCUT2D eigenvalue weighted by atomic mass is 10.1. The summed E-state index contributed by atoms with van der Waals surface area (Å²) in [7, 11) is 0. The van der Waals surface area contributed by atoms with Gasteiger partial charge >= 0.3 is 12.1 Å². The van der Waals surface area contributed by atoms with E-state index in [0.717, 1.165) is 37.8 Å². The Hall–Kier alpha value is -2.62. The van der Waals surface area contributed by atoms with Crippen molar-refractivity contribution < 1.29 is 27.9 Å². The molecule has 198 valence electrons. The largest absolute Gasteiger partial charge is 0.490 e. The Balaban J connectivity index is 0.000000572. The molecule has 1 aliphatic rings. The van der Waals surface area contributed by atoms with E-state index >= 15 is 0 Å². The number of carboxylic acids is 1. The number of amides is 1. The van der Waals surface area contributed by atoms with E-state index in [0.29, 0.717) is 10.6 Å². The van der Waals surface area contributed by atoms with Crippen molar-refractivity contribution in [2.75, 3.05) is 38.0 Å². The normalized spacial score (nSPS) is 15.1.